The Morgan fingerprint density at radius 2 is 2.24 bits per heavy atom. The third kappa shape index (κ3) is 5.48. The molecule has 0 amide bonds. The number of benzene rings is 1. The van der Waals surface area contributed by atoms with Crippen molar-refractivity contribution >= 4 is 11.6 Å². The van der Waals surface area contributed by atoms with Gasteiger partial charge in [-0.1, -0.05) is 24.6 Å². The zero-order valence-corrected chi connectivity index (χ0v) is 10.9. The van der Waals surface area contributed by atoms with Gasteiger partial charge in [-0.15, -0.1) is 0 Å². The standard InChI is InChI=1S/C13H20ClFN2/c1-10(4-6-16)9-17-7-5-11-2-3-13(15)12(14)8-11/h2-3,8,10,17H,4-7,9,16H2,1H3. The van der Waals surface area contributed by atoms with Crippen LogP contribution in [-0.4, -0.2) is 19.6 Å². The molecule has 0 aliphatic carbocycles. The molecule has 0 radical (unpaired) electrons. The fourth-order valence-electron chi connectivity index (χ4n) is 1.66. The fraction of sp³-hybridized carbons (Fsp3) is 0.538. The SMILES string of the molecule is CC(CCN)CNCCc1ccc(F)c(Cl)c1. The number of halogens is 2. The van der Waals surface area contributed by atoms with Gasteiger partial charge in [-0.25, -0.2) is 4.39 Å². The molecule has 0 bridgehead atoms. The van der Waals surface area contributed by atoms with Crippen LogP contribution in [0.3, 0.4) is 0 Å². The van der Waals surface area contributed by atoms with Crippen LogP contribution in [0.25, 0.3) is 0 Å². The molecule has 0 fully saturated rings. The second kappa shape index (κ2) is 7.64. The van der Waals surface area contributed by atoms with Crippen molar-refractivity contribution in [1.29, 1.82) is 0 Å². The summed E-state index contributed by atoms with van der Waals surface area (Å²) in [6.07, 6.45) is 1.89. The third-order valence-corrected chi connectivity index (χ3v) is 3.02. The van der Waals surface area contributed by atoms with Gasteiger partial charge in [0.25, 0.3) is 0 Å². The maximum Gasteiger partial charge on any atom is 0.141 e. The van der Waals surface area contributed by atoms with Crippen molar-refractivity contribution in [1.82, 2.24) is 5.32 Å². The van der Waals surface area contributed by atoms with Crippen LogP contribution in [0.15, 0.2) is 18.2 Å². The smallest absolute Gasteiger partial charge is 0.141 e. The van der Waals surface area contributed by atoms with Crippen molar-refractivity contribution in [2.75, 3.05) is 19.6 Å². The Kier molecular flexibility index (Phi) is 6.48. The lowest BCUT2D eigenvalue weighted by atomic mass is 10.1. The lowest BCUT2D eigenvalue weighted by Crippen LogP contribution is -2.24. The van der Waals surface area contributed by atoms with Gasteiger partial charge in [-0.05, 0) is 56.1 Å². The van der Waals surface area contributed by atoms with Crippen LogP contribution < -0.4 is 11.1 Å². The summed E-state index contributed by atoms with van der Waals surface area (Å²) in [7, 11) is 0. The molecule has 1 rings (SSSR count). The summed E-state index contributed by atoms with van der Waals surface area (Å²) in [6.45, 7) is 4.74. The Hall–Kier alpha value is -0.640. The molecule has 0 aliphatic heterocycles. The molecule has 0 spiro atoms. The van der Waals surface area contributed by atoms with Gasteiger partial charge in [-0.3, -0.25) is 0 Å². The molecule has 0 aromatic heterocycles. The van der Waals surface area contributed by atoms with Crippen molar-refractivity contribution in [3.8, 4) is 0 Å². The number of hydrogen-bond donors (Lipinski definition) is 2. The van der Waals surface area contributed by atoms with E-state index in [0.717, 1.165) is 38.0 Å². The highest BCUT2D eigenvalue weighted by Crippen LogP contribution is 2.16. The van der Waals surface area contributed by atoms with E-state index in [2.05, 4.69) is 12.2 Å². The molecule has 3 N–H and O–H groups in total. The average Bonchev–Trinajstić information content (AvgIpc) is 2.29. The molecule has 96 valence electrons. The minimum atomic E-state index is -0.361. The van der Waals surface area contributed by atoms with Crippen molar-refractivity contribution in [2.45, 2.75) is 19.8 Å². The summed E-state index contributed by atoms with van der Waals surface area (Å²) in [5.74, 6) is 0.233. The van der Waals surface area contributed by atoms with Crippen LogP contribution in [0, 0.1) is 11.7 Å². The number of nitrogens with one attached hydrogen (secondary N) is 1. The zero-order valence-electron chi connectivity index (χ0n) is 10.2. The van der Waals surface area contributed by atoms with E-state index < -0.39 is 0 Å². The average molecular weight is 259 g/mol. The van der Waals surface area contributed by atoms with Crippen LogP contribution >= 0.6 is 11.6 Å². The molecular weight excluding hydrogens is 239 g/mol. The molecule has 0 saturated carbocycles. The second-order valence-electron chi connectivity index (χ2n) is 4.39. The first kappa shape index (κ1) is 14.4. The van der Waals surface area contributed by atoms with Crippen LogP contribution in [0.1, 0.15) is 18.9 Å². The van der Waals surface area contributed by atoms with Crippen molar-refractivity contribution < 1.29 is 4.39 Å². The maximum atomic E-state index is 12.9. The summed E-state index contributed by atoms with van der Waals surface area (Å²) in [5.41, 5.74) is 6.53. The quantitative estimate of drug-likeness (QED) is 0.738. The molecule has 17 heavy (non-hydrogen) atoms. The zero-order chi connectivity index (χ0) is 12.7. The predicted octanol–water partition coefficient (Wildman–Crippen LogP) is 2.60. The molecule has 2 nitrogen and oxygen atoms in total. The van der Waals surface area contributed by atoms with Gasteiger partial charge < -0.3 is 11.1 Å². The molecule has 4 heteroatoms. The first-order valence-electron chi connectivity index (χ1n) is 5.98. The van der Waals surface area contributed by atoms with Crippen molar-refractivity contribution in [3.05, 3.63) is 34.6 Å². The molecule has 1 aromatic rings. The van der Waals surface area contributed by atoms with E-state index in [9.17, 15) is 4.39 Å². The highest BCUT2D eigenvalue weighted by Gasteiger charge is 2.02. The van der Waals surface area contributed by atoms with Gasteiger partial charge in [0.2, 0.25) is 0 Å². The summed E-state index contributed by atoms with van der Waals surface area (Å²) >= 11 is 5.71. The molecule has 0 saturated heterocycles. The van der Waals surface area contributed by atoms with Gasteiger partial charge in [0.05, 0.1) is 5.02 Å². The van der Waals surface area contributed by atoms with Crippen LogP contribution in [0.4, 0.5) is 4.39 Å². The van der Waals surface area contributed by atoms with Gasteiger partial charge in [0.1, 0.15) is 5.82 Å². The maximum absolute atomic E-state index is 12.9. The lowest BCUT2D eigenvalue weighted by Gasteiger charge is -2.11. The summed E-state index contributed by atoms with van der Waals surface area (Å²) in [5, 5.41) is 3.55. The van der Waals surface area contributed by atoms with Crippen molar-refractivity contribution in [3.63, 3.8) is 0 Å². The monoisotopic (exact) mass is 258 g/mol. The fourth-order valence-corrected chi connectivity index (χ4v) is 1.87. The largest absolute Gasteiger partial charge is 0.330 e. The second-order valence-corrected chi connectivity index (χ2v) is 4.79. The minimum Gasteiger partial charge on any atom is -0.330 e. The minimum absolute atomic E-state index is 0.194. The number of hydrogen-bond acceptors (Lipinski definition) is 2. The number of nitrogens with two attached hydrogens (primary N) is 1. The summed E-state index contributed by atoms with van der Waals surface area (Å²) in [4.78, 5) is 0. The van der Waals surface area contributed by atoms with E-state index in [1.807, 2.05) is 0 Å². The summed E-state index contributed by atoms with van der Waals surface area (Å²) < 4.78 is 12.9. The first-order chi connectivity index (χ1) is 8.13. The first-order valence-corrected chi connectivity index (χ1v) is 6.36. The van der Waals surface area contributed by atoms with E-state index in [1.165, 1.54) is 6.07 Å². The Bertz CT molecular complexity index is 344. The topological polar surface area (TPSA) is 38.0 Å². The third-order valence-electron chi connectivity index (χ3n) is 2.73. The van der Waals surface area contributed by atoms with Crippen LogP contribution in [0.2, 0.25) is 5.02 Å². The Balaban J connectivity index is 2.24. The lowest BCUT2D eigenvalue weighted by molar-refractivity contribution is 0.489. The van der Waals surface area contributed by atoms with Crippen LogP contribution in [-0.2, 0) is 6.42 Å². The Labute approximate surface area is 107 Å². The normalized spacial score (nSPS) is 12.7. The molecule has 0 aliphatic rings. The predicted molar refractivity (Wildman–Crippen MR) is 70.8 cm³/mol. The molecular formula is C13H20ClFN2. The van der Waals surface area contributed by atoms with Gasteiger partial charge in [0.15, 0.2) is 0 Å². The van der Waals surface area contributed by atoms with Crippen molar-refractivity contribution in [2.24, 2.45) is 11.7 Å². The van der Waals surface area contributed by atoms with E-state index in [-0.39, 0.29) is 10.8 Å². The highest BCUT2D eigenvalue weighted by atomic mass is 35.5. The Morgan fingerprint density at radius 3 is 2.88 bits per heavy atom. The highest BCUT2D eigenvalue weighted by molar-refractivity contribution is 6.30. The molecule has 1 atom stereocenters. The van der Waals surface area contributed by atoms with E-state index in [4.69, 9.17) is 17.3 Å². The Morgan fingerprint density at radius 1 is 1.47 bits per heavy atom. The van der Waals surface area contributed by atoms with E-state index in [0.29, 0.717) is 5.92 Å². The van der Waals surface area contributed by atoms with Crippen LogP contribution in [0.5, 0.6) is 0 Å². The van der Waals surface area contributed by atoms with Gasteiger partial charge in [0, 0.05) is 0 Å². The van der Waals surface area contributed by atoms with Gasteiger partial charge >= 0.3 is 0 Å². The van der Waals surface area contributed by atoms with E-state index >= 15 is 0 Å². The summed E-state index contributed by atoms with van der Waals surface area (Å²) in [6, 6.07) is 4.86. The molecule has 1 unspecified atom stereocenters. The van der Waals surface area contributed by atoms with Gasteiger partial charge in [-0.2, -0.15) is 0 Å². The van der Waals surface area contributed by atoms with E-state index in [1.54, 1.807) is 12.1 Å². The molecule has 0 heterocycles. The number of rotatable bonds is 7. The molecule has 1 aromatic carbocycles.